The van der Waals surface area contributed by atoms with Gasteiger partial charge >= 0.3 is 6.36 Å². The number of carbonyl (C=O) groups is 1. The maximum absolute atomic E-state index is 12.2. The van der Waals surface area contributed by atoms with E-state index in [9.17, 15) is 18.0 Å². The molecule has 0 aliphatic carbocycles. The molecule has 0 aliphatic heterocycles. The number of aryl methyl sites for hydroxylation is 2. The zero-order chi connectivity index (χ0) is 19.6. The number of rotatable bonds is 5. The quantitative estimate of drug-likeness (QED) is 0.738. The van der Waals surface area contributed by atoms with Gasteiger partial charge in [-0.25, -0.2) is 4.68 Å². The Kier molecular flexibility index (Phi) is 4.89. The van der Waals surface area contributed by atoms with Gasteiger partial charge in [-0.1, -0.05) is 0 Å². The van der Waals surface area contributed by atoms with Crippen molar-refractivity contribution < 1.29 is 22.7 Å². The highest BCUT2D eigenvalue weighted by Crippen LogP contribution is 2.24. The summed E-state index contributed by atoms with van der Waals surface area (Å²) >= 11 is 0. The van der Waals surface area contributed by atoms with Crippen LogP contribution in [0.1, 0.15) is 21.9 Å². The van der Waals surface area contributed by atoms with Gasteiger partial charge in [0.2, 0.25) is 0 Å². The molecule has 3 aromatic rings. The number of ether oxygens (including phenoxy) is 1. The zero-order valence-electron chi connectivity index (χ0n) is 14.5. The molecule has 10 heteroatoms. The molecule has 0 radical (unpaired) electrons. The topological polar surface area (TPSA) is 74.0 Å². The summed E-state index contributed by atoms with van der Waals surface area (Å²) in [6.45, 7) is 4.16. The van der Waals surface area contributed by atoms with Crippen molar-refractivity contribution in [2.75, 3.05) is 5.32 Å². The molecule has 0 saturated carbocycles. The highest BCUT2D eigenvalue weighted by Gasteiger charge is 2.30. The molecule has 0 bridgehead atoms. The van der Waals surface area contributed by atoms with Crippen molar-refractivity contribution in [1.29, 1.82) is 0 Å². The minimum atomic E-state index is -4.76. The number of hydrogen-bond acceptors (Lipinski definition) is 4. The van der Waals surface area contributed by atoms with Gasteiger partial charge in [-0.15, -0.1) is 13.2 Å². The number of aromatic nitrogens is 4. The van der Waals surface area contributed by atoms with Crippen LogP contribution in [0.25, 0.3) is 0 Å². The molecule has 0 saturated heterocycles. The Bertz CT molecular complexity index is 944. The number of alkyl halides is 3. The van der Waals surface area contributed by atoms with Gasteiger partial charge in [-0.05, 0) is 50.2 Å². The Hall–Kier alpha value is -3.30. The molecule has 2 heterocycles. The number of anilines is 1. The van der Waals surface area contributed by atoms with Gasteiger partial charge in [0.25, 0.3) is 5.91 Å². The first-order valence-corrected chi connectivity index (χ1v) is 7.91. The normalized spacial score (nSPS) is 11.4. The van der Waals surface area contributed by atoms with Gasteiger partial charge in [-0.2, -0.15) is 10.2 Å². The van der Waals surface area contributed by atoms with Crippen molar-refractivity contribution in [3.05, 3.63) is 59.7 Å². The van der Waals surface area contributed by atoms with E-state index < -0.39 is 12.3 Å². The Morgan fingerprint density at radius 1 is 1.15 bits per heavy atom. The standard InChI is InChI=1S/C17H16F3N5O2/c1-11-9-12(2)25(22-11)10-24-8-7-15(23-24)16(26)21-13-3-5-14(6-4-13)27-17(18,19)20/h3-9H,10H2,1-2H3,(H,21,26). The zero-order valence-corrected chi connectivity index (χ0v) is 14.5. The van der Waals surface area contributed by atoms with E-state index >= 15 is 0 Å². The first kappa shape index (κ1) is 18.5. The summed E-state index contributed by atoms with van der Waals surface area (Å²) in [5.41, 5.74) is 2.35. The van der Waals surface area contributed by atoms with E-state index in [1.165, 1.54) is 12.1 Å². The highest BCUT2D eigenvalue weighted by atomic mass is 19.4. The number of nitrogens with one attached hydrogen (secondary N) is 1. The number of carbonyl (C=O) groups excluding carboxylic acids is 1. The van der Waals surface area contributed by atoms with Gasteiger partial charge in [-0.3, -0.25) is 9.48 Å². The number of hydrogen-bond donors (Lipinski definition) is 1. The second-order valence-corrected chi connectivity index (χ2v) is 5.83. The third-order valence-electron chi connectivity index (χ3n) is 3.60. The van der Waals surface area contributed by atoms with Crippen LogP contribution in [-0.2, 0) is 6.67 Å². The third kappa shape index (κ3) is 4.87. The SMILES string of the molecule is Cc1cc(C)n(Cn2ccc(C(=O)Nc3ccc(OC(F)(F)F)cc3)n2)n1. The van der Waals surface area contributed by atoms with Crippen LogP contribution >= 0.6 is 0 Å². The molecular weight excluding hydrogens is 363 g/mol. The molecule has 0 spiro atoms. The summed E-state index contributed by atoms with van der Waals surface area (Å²) in [5, 5.41) is 11.1. The smallest absolute Gasteiger partial charge is 0.406 e. The Morgan fingerprint density at radius 2 is 1.85 bits per heavy atom. The Balaban J connectivity index is 1.63. The number of benzene rings is 1. The molecule has 3 rings (SSSR count). The molecule has 142 valence electrons. The van der Waals surface area contributed by atoms with Crippen molar-refractivity contribution in [3.8, 4) is 5.75 Å². The molecular formula is C17H16F3N5O2. The van der Waals surface area contributed by atoms with Crippen molar-refractivity contribution in [2.45, 2.75) is 26.9 Å². The molecule has 0 atom stereocenters. The van der Waals surface area contributed by atoms with E-state index in [1.807, 2.05) is 19.9 Å². The third-order valence-corrected chi connectivity index (χ3v) is 3.60. The van der Waals surface area contributed by atoms with Crippen LogP contribution in [0, 0.1) is 13.8 Å². The summed E-state index contributed by atoms with van der Waals surface area (Å²) < 4.78 is 43.5. The molecule has 27 heavy (non-hydrogen) atoms. The lowest BCUT2D eigenvalue weighted by molar-refractivity contribution is -0.274. The predicted octanol–water partition coefficient (Wildman–Crippen LogP) is 3.35. The summed E-state index contributed by atoms with van der Waals surface area (Å²) in [5.74, 6) is -0.846. The molecule has 7 nitrogen and oxygen atoms in total. The van der Waals surface area contributed by atoms with Gasteiger partial charge < -0.3 is 10.1 Å². The molecule has 0 unspecified atom stereocenters. The van der Waals surface area contributed by atoms with E-state index in [1.54, 1.807) is 21.6 Å². The highest BCUT2D eigenvalue weighted by molar-refractivity contribution is 6.02. The summed E-state index contributed by atoms with van der Waals surface area (Å²) in [7, 11) is 0. The van der Waals surface area contributed by atoms with E-state index in [0.717, 1.165) is 23.5 Å². The summed E-state index contributed by atoms with van der Waals surface area (Å²) in [4.78, 5) is 12.2. The van der Waals surface area contributed by atoms with E-state index in [4.69, 9.17) is 0 Å². The molecule has 1 N–H and O–H groups in total. The van der Waals surface area contributed by atoms with Crippen LogP contribution in [-0.4, -0.2) is 31.8 Å². The molecule has 1 amide bonds. The van der Waals surface area contributed by atoms with Crippen LogP contribution in [0.15, 0.2) is 42.6 Å². The Morgan fingerprint density at radius 3 is 2.44 bits per heavy atom. The monoisotopic (exact) mass is 379 g/mol. The number of halogens is 3. The fraction of sp³-hybridized carbons (Fsp3) is 0.235. The van der Waals surface area contributed by atoms with Crippen LogP contribution in [0.5, 0.6) is 5.75 Å². The first-order valence-electron chi connectivity index (χ1n) is 7.91. The summed E-state index contributed by atoms with van der Waals surface area (Å²) in [6.07, 6.45) is -3.12. The molecule has 2 aromatic heterocycles. The average Bonchev–Trinajstić information content (AvgIpc) is 3.15. The van der Waals surface area contributed by atoms with Crippen LogP contribution < -0.4 is 10.1 Å². The van der Waals surface area contributed by atoms with Gasteiger partial charge in [0.15, 0.2) is 5.69 Å². The van der Waals surface area contributed by atoms with Crippen molar-refractivity contribution in [2.24, 2.45) is 0 Å². The predicted molar refractivity (Wildman–Crippen MR) is 90.4 cm³/mol. The van der Waals surface area contributed by atoms with E-state index in [-0.39, 0.29) is 11.4 Å². The van der Waals surface area contributed by atoms with Crippen LogP contribution in [0.2, 0.25) is 0 Å². The lowest BCUT2D eigenvalue weighted by Crippen LogP contribution is -2.17. The lowest BCUT2D eigenvalue weighted by Gasteiger charge is -2.09. The second-order valence-electron chi connectivity index (χ2n) is 5.83. The first-order chi connectivity index (χ1) is 12.7. The van der Waals surface area contributed by atoms with E-state index in [2.05, 4.69) is 20.3 Å². The maximum Gasteiger partial charge on any atom is 0.573 e. The van der Waals surface area contributed by atoms with Crippen molar-refractivity contribution in [3.63, 3.8) is 0 Å². The fourth-order valence-electron chi connectivity index (χ4n) is 2.45. The maximum atomic E-state index is 12.2. The number of amides is 1. The minimum absolute atomic E-state index is 0.173. The number of nitrogens with zero attached hydrogens (tertiary/aromatic N) is 4. The Labute approximate surface area is 152 Å². The summed E-state index contributed by atoms with van der Waals surface area (Å²) in [6, 6.07) is 8.33. The fourth-order valence-corrected chi connectivity index (χ4v) is 2.45. The second kappa shape index (κ2) is 7.14. The lowest BCUT2D eigenvalue weighted by atomic mass is 10.3. The average molecular weight is 379 g/mol. The van der Waals surface area contributed by atoms with E-state index in [0.29, 0.717) is 12.4 Å². The van der Waals surface area contributed by atoms with Crippen molar-refractivity contribution >= 4 is 11.6 Å². The molecule has 1 aromatic carbocycles. The molecule has 0 fully saturated rings. The van der Waals surface area contributed by atoms with Crippen molar-refractivity contribution in [1.82, 2.24) is 19.6 Å². The van der Waals surface area contributed by atoms with Crippen LogP contribution in [0.3, 0.4) is 0 Å². The molecule has 0 aliphatic rings. The largest absolute Gasteiger partial charge is 0.573 e. The minimum Gasteiger partial charge on any atom is -0.406 e. The van der Waals surface area contributed by atoms with Gasteiger partial charge in [0.1, 0.15) is 12.4 Å². The van der Waals surface area contributed by atoms with Gasteiger partial charge in [0.05, 0.1) is 5.69 Å². The van der Waals surface area contributed by atoms with Gasteiger partial charge in [0, 0.05) is 17.6 Å². The van der Waals surface area contributed by atoms with Crippen LogP contribution in [0.4, 0.5) is 18.9 Å².